The first-order valence-electron chi connectivity index (χ1n) is 17.0. The lowest BCUT2D eigenvalue weighted by Gasteiger charge is -2.23. The highest BCUT2D eigenvalue weighted by molar-refractivity contribution is 6.22. The maximum Gasteiger partial charge on any atom is 0.0905 e. The molecule has 0 saturated heterocycles. The van der Waals surface area contributed by atoms with Crippen LogP contribution >= 0.6 is 0 Å². The zero-order chi connectivity index (χ0) is 32.7. The summed E-state index contributed by atoms with van der Waals surface area (Å²) >= 11 is 0. The van der Waals surface area contributed by atoms with E-state index in [0.29, 0.717) is 0 Å². The molecule has 2 nitrogen and oxygen atoms in total. The van der Waals surface area contributed by atoms with Crippen LogP contribution in [0.2, 0.25) is 0 Å². The zero-order valence-electron chi connectivity index (χ0n) is 27.4. The van der Waals surface area contributed by atoms with Gasteiger partial charge < -0.3 is 0 Å². The average molecular weight is 625 g/mol. The summed E-state index contributed by atoms with van der Waals surface area (Å²) in [5.74, 6) is 0. The number of aromatic nitrogens is 2. The molecule has 230 valence electrons. The Kier molecular flexibility index (Phi) is 5.95. The standard InChI is InChI=1S/C47H32N2/c1-47(2)40-19-8-7-15-34(40)35-24-23-31(27-41(35)47)45-36-16-5-6-17-37(36)46(44-28-48-42-20-9-10-21-43(42)49-44)38-25-22-30(26-39(38)45)33-18-11-13-29-12-3-4-14-32(29)33/h3-28H,1-2H3. The minimum atomic E-state index is -0.0950. The third-order valence-corrected chi connectivity index (χ3v) is 10.7. The zero-order valence-corrected chi connectivity index (χ0v) is 27.4. The van der Waals surface area contributed by atoms with Crippen molar-refractivity contribution in [2.45, 2.75) is 19.3 Å². The first-order chi connectivity index (χ1) is 24.1. The van der Waals surface area contributed by atoms with Gasteiger partial charge in [-0.05, 0) is 101 Å². The van der Waals surface area contributed by atoms with Gasteiger partial charge in [-0.3, -0.25) is 4.98 Å². The molecule has 0 fully saturated rings. The van der Waals surface area contributed by atoms with Crippen LogP contribution in [0.25, 0.3) is 88.0 Å². The van der Waals surface area contributed by atoms with E-state index in [4.69, 9.17) is 9.97 Å². The summed E-state index contributed by atoms with van der Waals surface area (Å²) in [5, 5.41) is 7.27. The van der Waals surface area contributed by atoms with E-state index in [1.165, 1.54) is 76.8 Å². The molecule has 0 amide bonds. The Labute approximate surface area is 285 Å². The second-order valence-corrected chi connectivity index (χ2v) is 13.8. The third kappa shape index (κ3) is 4.14. The molecule has 0 aliphatic heterocycles. The van der Waals surface area contributed by atoms with Crippen LogP contribution in [0.3, 0.4) is 0 Å². The van der Waals surface area contributed by atoms with Crippen LogP contribution in [0.1, 0.15) is 25.0 Å². The van der Waals surface area contributed by atoms with E-state index >= 15 is 0 Å². The maximum absolute atomic E-state index is 5.20. The molecule has 0 spiro atoms. The Morgan fingerprint density at radius 1 is 0.429 bits per heavy atom. The van der Waals surface area contributed by atoms with Gasteiger partial charge in [0.25, 0.3) is 0 Å². The largest absolute Gasteiger partial charge is 0.252 e. The molecular weight excluding hydrogens is 593 g/mol. The summed E-state index contributed by atoms with van der Waals surface area (Å²) in [7, 11) is 0. The molecule has 1 aromatic heterocycles. The van der Waals surface area contributed by atoms with Crippen LogP contribution < -0.4 is 0 Å². The lowest BCUT2D eigenvalue weighted by Crippen LogP contribution is -2.14. The summed E-state index contributed by atoms with van der Waals surface area (Å²) in [6.07, 6.45) is 1.94. The van der Waals surface area contributed by atoms with E-state index in [-0.39, 0.29) is 5.41 Å². The van der Waals surface area contributed by atoms with Gasteiger partial charge in [-0.1, -0.05) is 141 Å². The van der Waals surface area contributed by atoms with Crippen LogP contribution in [0, 0.1) is 0 Å². The lowest BCUT2D eigenvalue weighted by molar-refractivity contribution is 0.660. The van der Waals surface area contributed by atoms with E-state index in [0.717, 1.165) is 22.3 Å². The summed E-state index contributed by atoms with van der Waals surface area (Å²) in [5.41, 5.74) is 14.0. The minimum absolute atomic E-state index is 0.0950. The van der Waals surface area contributed by atoms with Crippen molar-refractivity contribution in [3.8, 4) is 44.6 Å². The Bertz CT molecular complexity index is 2800. The Morgan fingerprint density at radius 3 is 1.94 bits per heavy atom. The SMILES string of the molecule is CC1(C)c2ccccc2-c2ccc(-c3c4ccccc4c(-c4cnc5ccccc5n4)c4ccc(-c5cccc6ccccc56)cc34)cc21. The molecule has 0 bridgehead atoms. The van der Waals surface area contributed by atoms with E-state index in [1.807, 2.05) is 30.5 Å². The highest BCUT2D eigenvalue weighted by Crippen LogP contribution is 2.51. The molecule has 1 aliphatic rings. The molecule has 1 heterocycles. The first-order valence-corrected chi connectivity index (χ1v) is 17.0. The van der Waals surface area contributed by atoms with Gasteiger partial charge in [0.05, 0.1) is 22.9 Å². The Morgan fingerprint density at radius 2 is 1.06 bits per heavy atom. The summed E-state index contributed by atoms with van der Waals surface area (Å²) in [4.78, 5) is 10.1. The molecule has 8 aromatic carbocycles. The quantitative estimate of drug-likeness (QED) is 0.183. The molecule has 0 saturated carbocycles. The number of para-hydroxylation sites is 2. The van der Waals surface area contributed by atoms with Crippen LogP contribution in [0.15, 0.2) is 158 Å². The average Bonchev–Trinajstić information content (AvgIpc) is 3.38. The minimum Gasteiger partial charge on any atom is -0.252 e. The van der Waals surface area contributed by atoms with Crippen molar-refractivity contribution < 1.29 is 0 Å². The molecule has 10 rings (SSSR count). The summed E-state index contributed by atoms with van der Waals surface area (Å²) in [6, 6.07) is 55.2. The molecule has 0 atom stereocenters. The van der Waals surface area contributed by atoms with Gasteiger partial charge in [0.15, 0.2) is 0 Å². The van der Waals surface area contributed by atoms with E-state index in [9.17, 15) is 0 Å². The number of rotatable bonds is 3. The highest BCUT2D eigenvalue weighted by Gasteiger charge is 2.35. The van der Waals surface area contributed by atoms with Crippen LogP contribution in [0.5, 0.6) is 0 Å². The summed E-state index contributed by atoms with van der Waals surface area (Å²) in [6.45, 7) is 4.72. The Hall–Kier alpha value is -6.12. The first kappa shape index (κ1) is 27.9. The third-order valence-electron chi connectivity index (χ3n) is 10.7. The second kappa shape index (κ2) is 10.4. The molecular formula is C47H32N2. The van der Waals surface area contributed by atoms with Gasteiger partial charge in [0.2, 0.25) is 0 Å². The number of fused-ring (bicyclic) bond motifs is 7. The monoisotopic (exact) mass is 624 g/mol. The fourth-order valence-electron chi connectivity index (χ4n) is 8.35. The second-order valence-electron chi connectivity index (χ2n) is 13.8. The van der Waals surface area contributed by atoms with E-state index < -0.39 is 0 Å². The van der Waals surface area contributed by atoms with Gasteiger partial charge in [0.1, 0.15) is 0 Å². The molecule has 2 heteroatoms. The highest BCUT2D eigenvalue weighted by atomic mass is 14.8. The fourth-order valence-corrected chi connectivity index (χ4v) is 8.35. The van der Waals surface area contributed by atoms with Gasteiger partial charge in [0, 0.05) is 11.0 Å². The van der Waals surface area contributed by atoms with E-state index in [1.54, 1.807) is 0 Å². The predicted octanol–water partition coefficient (Wildman–Crippen LogP) is 12.4. The Balaban J connectivity index is 1.31. The molecule has 0 radical (unpaired) electrons. The molecule has 9 aromatic rings. The van der Waals surface area contributed by atoms with E-state index in [2.05, 4.69) is 141 Å². The smallest absolute Gasteiger partial charge is 0.0905 e. The number of hydrogen-bond acceptors (Lipinski definition) is 2. The van der Waals surface area contributed by atoms with Gasteiger partial charge >= 0.3 is 0 Å². The predicted molar refractivity (Wildman–Crippen MR) is 206 cm³/mol. The van der Waals surface area contributed by atoms with Gasteiger partial charge in [-0.15, -0.1) is 0 Å². The van der Waals surface area contributed by atoms with Crippen LogP contribution in [0.4, 0.5) is 0 Å². The van der Waals surface area contributed by atoms with Crippen molar-refractivity contribution in [3.63, 3.8) is 0 Å². The molecule has 0 N–H and O–H groups in total. The van der Waals surface area contributed by atoms with Gasteiger partial charge in [-0.25, -0.2) is 4.98 Å². The molecule has 1 aliphatic carbocycles. The van der Waals surface area contributed by atoms with Crippen molar-refractivity contribution in [1.29, 1.82) is 0 Å². The van der Waals surface area contributed by atoms with Crippen molar-refractivity contribution in [1.82, 2.24) is 9.97 Å². The van der Waals surface area contributed by atoms with Crippen molar-refractivity contribution in [3.05, 3.63) is 169 Å². The molecule has 0 unspecified atom stereocenters. The topological polar surface area (TPSA) is 25.8 Å². The van der Waals surface area contributed by atoms with Crippen molar-refractivity contribution >= 4 is 43.4 Å². The van der Waals surface area contributed by atoms with Crippen molar-refractivity contribution in [2.24, 2.45) is 0 Å². The fraction of sp³-hybridized carbons (Fsp3) is 0.0638. The summed E-state index contributed by atoms with van der Waals surface area (Å²) < 4.78 is 0. The van der Waals surface area contributed by atoms with Gasteiger partial charge in [-0.2, -0.15) is 0 Å². The van der Waals surface area contributed by atoms with Crippen LogP contribution in [-0.4, -0.2) is 9.97 Å². The van der Waals surface area contributed by atoms with Crippen molar-refractivity contribution in [2.75, 3.05) is 0 Å². The number of nitrogens with zero attached hydrogens (tertiary/aromatic N) is 2. The van der Waals surface area contributed by atoms with Crippen LogP contribution in [-0.2, 0) is 5.41 Å². The number of benzene rings is 8. The maximum atomic E-state index is 5.20. The normalized spacial score (nSPS) is 13.3. The molecule has 49 heavy (non-hydrogen) atoms. The number of hydrogen-bond donors (Lipinski definition) is 0. The lowest BCUT2D eigenvalue weighted by atomic mass is 9.80.